The number of H-pyrrole nitrogens is 1. The Bertz CT molecular complexity index is 1180. The number of benzene rings is 2. The fraction of sp³-hybridized carbons (Fsp3) is 0.400. The molecule has 0 atom stereocenters. The van der Waals surface area contributed by atoms with Crippen molar-refractivity contribution >= 4 is 16.8 Å². The van der Waals surface area contributed by atoms with Crippen molar-refractivity contribution in [1.82, 2.24) is 15.3 Å². The maximum atomic E-state index is 13.0. The lowest BCUT2D eigenvalue weighted by Crippen LogP contribution is -2.43. The fourth-order valence-electron chi connectivity index (χ4n) is 3.22. The highest BCUT2D eigenvalue weighted by Crippen LogP contribution is 2.28. The van der Waals surface area contributed by atoms with Crippen molar-refractivity contribution < 1.29 is 14.3 Å². The Kier molecular flexibility index (Phi) is 6.87. The van der Waals surface area contributed by atoms with Gasteiger partial charge >= 0.3 is 0 Å². The first-order valence-electron chi connectivity index (χ1n) is 10.7. The van der Waals surface area contributed by atoms with E-state index in [1.54, 1.807) is 18.2 Å². The van der Waals surface area contributed by atoms with Crippen LogP contribution >= 0.6 is 0 Å². The largest absolute Gasteiger partial charge is 0.492 e. The van der Waals surface area contributed by atoms with E-state index in [-0.39, 0.29) is 23.6 Å². The van der Waals surface area contributed by atoms with Crippen LogP contribution in [0.25, 0.3) is 22.3 Å². The molecule has 0 bridgehead atoms. The number of amides is 1. The smallest absolute Gasteiger partial charge is 0.262 e. The molecule has 0 aliphatic rings. The van der Waals surface area contributed by atoms with E-state index >= 15 is 0 Å². The van der Waals surface area contributed by atoms with Gasteiger partial charge in [-0.05, 0) is 57.4 Å². The molecule has 0 aliphatic heterocycles. The molecule has 3 aromatic rings. The Balaban J connectivity index is 1.89. The predicted octanol–water partition coefficient (Wildman–Crippen LogP) is 4.23. The van der Waals surface area contributed by atoms with Crippen LogP contribution in [0.1, 0.15) is 40.2 Å². The molecule has 170 valence electrons. The van der Waals surface area contributed by atoms with Crippen molar-refractivity contribution in [2.24, 2.45) is 5.92 Å². The number of nitrogens with one attached hydrogen (secondary N) is 2. The molecule has 3 rings (SSSR count). The molecule has 7 heteroatoms. The molecule has 0 saturated heterocycles. The molecule has 7 nitrogen and oxygen atoms in total. The highest BCUT2D eigenvalue weighted by atomic mass is 16.5. The summed E-state index contributed by atoms with van der Waals surface area (Å²) in [5, 5.41) is 3.30. The van der Waals surface area contributed by atoms with Gasteiger partial charge in [0.25, 0.3) is 11.5 Å². The van der Waals surface area contributed by atoms with Gasteiger partial charge in [-0.25, -0.2) is 4.98 Å². The predicted molar refractivity (Wildman–Crippen MR) is 126 cm³/mol. The van der Waals surface area contributed by atoms with Crippen LogP contribution in [0.3, 0.4) is 0 Å². The van der Waals surface area contributed by atoms with Crippen LogP contribution in [0, 0.1) is 12.8 Å². The third-order valence-electron chi connectivity index (χ3n) is 4.58. The third-order valence-corrected chi connectivity index (χ3v) is 4.58. The Hall–Kier alpha value is -3.35. The van der Waals surface area contributed by atoms with E-state index in [1.807, 2.05) is 45.9 Å². The van der Waals surface area contributed by atoms with Crippen LogP contribution in [0.15, 0.2) is 41.2 Å². The first-order chi connectivity index (χ1) is 15.0. The summed E-state index contributed by atoms with van der Waals surface area (Å²) in [6, 6.07) is 10.9. The van der Waals surface area contributed by atoms with E-state index in [0.717, 1.165) is 5.56 Å². The monoisotopic (exact) mass is 437 g/mol. The van der Waals surface area contributed by atoms with Gasteiger partial charge in [0.2, 0.25) is 0 Å². The van der Waals surface area contributed by atoms with Gasteiger partial charge in [0, 0.05) is 11.1 Å². The van der Waals surface area contributed by atoms with Crippen molar-refractivity contribution in [3.63, 3.8) is 0 Å². The van der Waals surface area contributed by atoms with Gasteiger partial charge < -0.3 is 19.8 Å². The average Bonchev–Trinajstić information content (AvgIpc) is 2.70. The molecular formula is C25H31N3O4. The summed E-state index contributed by atoms with van der Waals surface area (Å²) in [6.45, 7) is 12.2. The number of fused-ring (bicyclic) bond motifs is 1. The van der Waals surface area contributed by atoms with E-state index in [0.29, 0.717) is 46.3 Å². The summed E-state index contributed by atoms with van der Waals surface area (Å²) in [7, 11) is 0. The zero-order valence-electron chi connectivity index (χ0n) is 19.5. The second-order valence-corrected chi connectivity index (χ2v) is 9.34. The zero-order valence-corrected chi connectivity index (χ0v) is 19.5. The Morgan fingerprint density at radius 3 is 2.59 bits per heavy atom. The second kappa shape index (κ2) is 9.42. The van der Waals surface area contributed by atoms with Crippen molar-refractivity contribution in [2.75, 3.05) is 13.2 Å². The molecule has 1 heterocycles. The maximum absolute atomic E-state index is 13.0. The summed E-state index contributed by atoms with van der Waals surface area (Å²) in [6.07, 6.45) is 0. The van der Waals surface area contributed by atoms with Crippen LogP contribution in [-0.2, 0) is 4.79 Å². The van der Waals surface area contributed by atoms with Crippen molar-refractivity contribution in [1.29, 1.82) is 0 Å². The summed E-state index contributed by atoms with van der Waals surface area (Å²) in [5.41, 5.74) is 1.55. The van der Waals surface area contributed by atoms with Crippen molar-refractivity contribution in [2.45, 2.75) is 47.1 Å². The maximum Gasteiger partial charge on any atom is 0.262 e. The van der Waals surface area contributed by atoms with Crippen LogP contribution in [-0.4, -0.2) is 34.6 Å². The number of nitrogens with zero attached hydrogens (tertiary/aromatic N) is 1. The fourth-order valence-corrected chi connectivity index (χ4v) is 3.22. The quantitative estimate of drug-likeness (QED) is 0.577. The lowest BCUT2D eigenvalue weighted by atomic mass is 10.1. The number of aromatic amines is 1. The summed E-state index contributed by atoms with van der Waals surface area (Å²) in [5.74, 6) is 1.64. The molecule has 0 fully saturated rings. The average molecular weight is 438 g/mol. The van der Waals surface area contributed by atoms with E-state index in [4.69, 9.17) is 9.47 Å². The number of carbonyl (C=O) groups excluding carboxylic acids is 1. The molecule has 0 saturated carbocycles. The topological polar surface area (TPSA) is 93.3 Å². The van der Waals surface area contributed by atoms with Gasteiger partial charge in [-0.3, -0.25) is 9.59 Å². The number of carbonyl (C=O) groups is 1. The molecule has 1 amide bonds. The van der Waals surface area contributed by atoms with Gasteiger partial charge in [-0.2, -0.15) is 0 Å². The Morgan fingerprint density at radius 2 is 1.91 bits per heavy atom. The van der Waals surface area contributed by atoms with E-state index in [1.165, 1.54) is 0 Å². The van der Waals surface area contributed by atoms with E-state index in [2.05, 4.69) is 29.1 Å². The lowest BCUT2D eigenvalue weighted by Gasteiger charge is -2.20. The molecule has 2 aromatic carbocycles. The molecule has 0 aliphatic carbocycles. The molecule has 32 heavy (non-hydrogen) atoms. The molecular weight excluding hydrogens is 406 g/mol. The van der Waals surface area contributed by atoms with Gasteiger partial charge in [-0.15, -0.1) is 0 Å². The van der Waals surface area contributed by atoms with Crippen LogP contribution < -0.4 is 20.3 Å². The Morgan fingerprint density at radius 1 is 1.16 bits per heavy atom. The zero-order chi connectivity index (χ0) is 23.5. The van der Waals surface area contributed by atoms with Crippen molar-refractivity contribution in [3.8, 4) is 22.9 Å². The molecule has 1 aromatic heterocycles. The Labute approximate surface area is 188 Å². The third kappa shape index (κ3) is 5.87. The number of hydrogen-bond acceptors (Lipinski definition) is 5. The van der Waals surface area contributed by atoms with E-state index < -0.39 is 0 Å². The number of aromatic nitrogens is 2. The number of hydrogen-bond donors (Lipinski definition) is 2. The van der Waals surface area contributed by atoms with Crippen LogP contribution in [0.5, 0.6) is 11.5 Å². The lowest BCUT2D eigenvalue weighted by molar-refractivity contribution is -0.124. The SMILES string of the molecule is Cc1ccc2nc(-c3cccc(OCC(=O)NC(C)(C)C)c3)[nH]c(=O)c2c1OCC(C)C. The summed E-state index contributed by atoms with van der Waals surface area (Å²) in [4.78, 5) is 32.5. The highest BCUT2D eigenvalue weighted by molar-refractivity contribution is 5.87. The second-order valence-electron chi connectivity index (χ2n) is 9.34. The first kappa shape index (κ1) is 23.3. The summed E-state index contributed by atoms with van der Waals surface area (Å²) < 4.78 is 11.6. The van der Waals surface area contributed by atoms with Gasteiger partial charge in [0.1, 0.15) is 22.7 Å². The minimum atomic E-state index is -0.327. The first-order valence-corrected chi connectivity index (χ1v) is 10.7. The normalized spacial score (nSPS) is 11.6. The minimum absolute atomic E-state index is 0.0990. The number of rotatable bonds is 7. The minimum Gasteiger partial charge on any atom is -0.492 e. The molecule has 2 N–H and O–H groups in total. The number of ether oxygens (including phenoxy) is 2. The molecule has 0 spiro atoms. The van der Waals surface area contributed by atoms with Gasteiger partial charge in [-0.1, -0.05) is 32.0 Å². The molecule has 0 radical (unpaired) electrons. The van der Waals surface area contributed by atoms with Gasteiger partial charge in [0.15, 0.2) is 6.61 Å². The van der Waals surface area contributed by atoms with Crippen LogP contribution in [0.4, 0.5) is 0 Å². The molecule has 0 unspecified atom stereocenters. The summed E-state index contributed by atoms with van der Waals surface area (Å²) >= 11 is 0. The van der Waals surface area contributed by atoms with Gasteiger partial charge in [0.05, 0.1) is 12.1 Å². The highest BCUT2D eigenvalue weighted by Gasteiger charge is 2.16. The standard InChI is InChI=1S/C25H31N3O4/c1-15(2)13-32-22-16(3)10-11-19-21(22)24(30)27-23(26-19)17-8-7-9-18(12-17)31-14-20(29)28-25(4,5)6/h7-12,15H,13-14H2,1-6H3,(H,28,29)(H,26,27,30). The number of aryl methyl sites for hydroxylation is 1. The van der Waals surface area contributed by atoms with Crippen LogP contribution in [0.2, 0.25) is 0 Å². The van der Waals surface area contributed by atoms with E-state index in [9.17, 15) is 9.59 Å². The van der Waals surface area contributed by atoms with Crippen molar-refractivity contribution in [3.05, 3.63) is 52.3 Å².